The van der Waals surface area contributed by atoms with Crippen LogP contribution in [0.15, 0.2) is 23.1 Å². The van der Waals surface area contributed by atoms with Crippen LogP contribution in [0.5, 0.6) is 11.5 Å². The van der Waals surface area contributed by atoms with E-state index in [9.17, 15) is 4.79 Å². The maximum absolute atomic E-state index is 13.2. The SMILES string of the molecule is Cc1cc2c(cc1Nc1ncc3c(n1)n(C14CC(CC#N)C(C1)C4)c(=O)n3C)OCO2. The zero-order chi connectivity index (χ0) is 21.3. The molecule has 3 aromatic rings. The van der Waals surface area contributed by atoms with Crippen LogP contribution in [0.1, 0.15) is 31.2 Å². The predicted octanol–water partition coefficient (Wildman–Crippen LogP) is 2.95. The molecular weight excluding hydrogens is 396 g/mol. The Balaban J connectivity index is 1.41. The lowest BCUT2D eigenvalue weighted by molar-refractivity contribution is 0.146. The van der Waals surface area contributed by atoms with Gasteiger partial charge < -0.3 is 14.8 Å². The van der Waals surface area contributed by atoms with E-state index in [2.05, 4.69) is 16.4 Å². The molecule has 1 aliphatic heterocycles. The number of aryl methyl sites for hydroxylation is 2. The van der Waals surface area contributed by atoms with E-state index in [0.29, 0.717) is 41.1 Å². The summed E-state index contributed by atoms with van der Waals surface area (Å²) in [5.41, 5.74) is 2.85. The molecule has 4 aliphatic rings. The monoisotopic (exact) mass is 418 g/mol. The highest BCUT2D eigenvalue weighted by Crippen LogP contribution is 2.61. The van der Waals surface area contributed by atoms with Gasteiger partial charge in [0.05, 0.1) is 17.8 Å². The van der Waals surface area contributed by atoms with Crippen LogP contribution < -0.4 is 20.5 Å². The van der Waals surface area contributed by atoms with Gasteiger partial charge in [0.2, 0.25) is 12.7 Å². The van der Waals surface area contributed by atoms with Gasteiger partial charge in [-0.1, -0.05) is 0 Å². The largest absolute Gasteiger partial charge is 0.454 e. The summed E-state index contributed by atoms with van der Waals surface area (Å²) >= 11 is 0. The Morgan fingerprint density at radius 1 is 1.29 bits per heavy atom. The molecule has 2 bridgehead atoms. The Hall–Kier alpha value is -3.54. The molecule has 0 amide bonds. The fourth-order valence-corrected chi connectivity index (χ4v) is 5.60. The van der Waals surface area contributed by atoms with E-state index in [4.69, 9.17) is 19.7 Å². The number of nitrogens with zero attached hydrogens (tertiary/aromatic N) is 5. The highest BCUT2D eigenvalue weighted by molar-refractivity contribution is 5.74. The van der Waals surface area contributed by atoms with Crippen LogP contribution in [-0.2, 0) is 12.6 Å². The van der Waals surface area contributed by atoms with Crippen molar-refractivity contribution in [1.29, 1.82) is 5.26 Å². The van der Waals surface area contributed by atoms with Gasteiger partial charge >= 0.3 is 5.69 Å². The Morgan fingerprint density at radius 2 is 2.06 bits per heavy atom. The van der Waals surface area contributed by atoms with Gasteiger partial charge in [-0.15, -0.1) is 0 Å². The third-order valence-corrected chi connectivity index (χ3v) is 7.19. The number of aromatic nitrogens is 4. The highest BCUT2D eigenvalue weighted by atomic mass is 16.7. The number of nitriles is 1. The van der Waals surface area contributed by atoms with Crippen molar-refractivity contribution >= 4 is 22.8 Å². The highest BCUT2D eigenvalue weighted by Gasteiger charge is 2.58. The van der Waals surface area contributed by atoms with Gasteiger partial charge in [0.1, 0.15) is 5.52 Å². The molecule has 3 heterocycles. The third-order valence-electron chi connectivity index (χ3n) is 7.19. The maximum atomic E-state index is 13.2. The van der Waals surface area contributed by atoms with Crippen molar-refractivity contribution in [3.63, 3.8) is 0 Å². The molecule has 158 valence electrons. The zero-order valence-corrected chi connectivity index (χ0v) is 17.4. The lowest BCUT2D eigenvalue weighted by atomic mass is 9.75. The van der Waals surface area contributed by atoms with Crippen LogP contribution in [-0.4, -0.2) is 25.9 Å². The van der Waals surface area contributed by atoms with E-state index in [-0.39, 0.29) is 18.0 Å². The number of fused-ring (bicyclic) bond motifs is 3. The number of nitrogens with one attached hydrogen (secondary N) is 1. The van der Waals surface area contributed by atoms with Crippen LogP contribution in [0, 0.1) is 30.1 Å². The summed E-state index contributed by atoms with van der Waals surface area (Å²) < 4.78 is 14.4. The first-order chi connectivity index (χ1) is 15.0. The minimum absolute atomic E-state index is 0.0724. The van der Waals surface area contributed by atoms with E-state index >= 15 is 0 Å². The second-order valence-corrected chi connectivity index (χ2v) is 8.94. The minimum atomic E-state index is -0.233. The van der Waals surface area contributed by atoms with Crippen LogP contribution in [0.3, 0.4) is 0 Å². The molecule has 2 aromatic heterocycles. The van der Waals surface area contributed by atoms with E-state index < -0.39 is 0 Å². The molecule has 7 rings (SSSR count). The molecule has 1 N–H and O–H groups in total. The third kappa shape index (κ3) is 2.51. The first-order valence-corrected chi connectivity index (χ1v) is 10.5. The first kappa shape index (κ1) is 18.2. The Morgan fingerprint density at radius 3 is 2.84 bits per heavy atom. The molecule has 1 aromatic carbocycles. The Kier molecular flexibility index (Phi) is 3.67. The molecule has 0 saturated heterocycles. The summed E-state index contributed by atoms with van der Waals surface area (Å²) in [5, 5.41) is 12.4. The van der Waals surface area contributed by atoms with Crippen molar-refractivity contribution in [1.82, 2.24) is 19.1 Å². The average Bonchev–Trinajstić information content (AvgIpc) is 3.45. The van der Waals surface area contributed by atoms with Gasteiger partial charge in [-0.05, 0) is 49.7 Å². The van der Waals surface area contributed by atoms with Gasteiger partial charge in [-0.25, -0.2) is 9.78 Å². The van der Waals surface area contributed by atoms with E-state index in [1.165, 1.54) is 0 Å². The molecule has 3 saturated carbocycles. The molecule has 3 fully saturated rings. The topological polar surface area (TPSA) is 107 Å². The molecule has 3 aliphatic carbocycles. The summed E-state index contributed by atoms with van der Waals surface area (Å²) in [6, 6.07) is 6.10. The van der Waals surface area contributed by atoms with Crippen LogP contribution in [0.4, 0.5) is 11.6 Å². The van der Waals surface area contributed by atoms with E-state index in [0.717, 1.165) is 36.3 Å². The summed E-state index contributed by atoms with van der Waals surface area (Å²) in [5.74, 6) is 2.72. The lowest BCUT2D eigenvalue weighted by Gasteiger charge is -2.39. The predicted molar refractivity (Wildman–Crippen MR) is 112 cm³/mol. The van der Waals surface area contributed by atoms with Crippen LogP contribution in [0.2, 0.25) is 0 Å². The maximum Gasteiger partial charge on any atom is 0.330 e. The number of hydrogen-bond acceptors (Lipinski definition) is 7. The molecule has 1 unspecified atom stereocenters. The fourth-order valence-electron chi connectivity index (χ4n) is 5.60. The summed E-state index contributed by atoms with van der Waals surface area (Å²) in [6.45, 7) is 2.19. The molecule has 31 heavy (non-hydrogen) atoms. The van der Waals surface area contributed by atoms with Crippen molar-refractivity contribution in [3.8, 4) is 17.6 Å². The van der Waals surface area contributed by atoms with Gasteiger partial charge in [0.25, 0.3) is 0 Å². The van der Waals surface area contributed by atoms with Crippen molar-refractivity contribution < 1.29 is 9.47 Å². The molecule has 0 radical (unpaired) electrons. The van der Waals surface area contributed by atoms with Crippen molar-refractivity contribution in [2.24, 2.45) is 18.9 Å². The number of benzene rings is 1. The number of ether oxygens (including phenoxy) is 2. The zero-order valence-electron chi connectivity index (χ0n) is 17.4. The van der Waals surface area contributed by atoms with Crippen molar-refractivity contribution in [2.75, 3.05) is 12.1 Å². The average molecular weight is 418 g/mol. The molecule has 1 atom stereocenters. The smallest absolute Gasteiger partial charge is 0.330 e. The van der Waals surface area contributed by atoms with Crippen LogP contribution in [0.25, 0.3) is 11.2 Å². The van der Waals surface area contributed by atoms with Crippen LogP contribution >= 0.6 is 0 Å². The summed E-state index contributed by atoms with van der Waals surface area (Å²) in [6.07, 6.45) is 4.98. The van der Waals surface area contributed by atoms with Crippen molar-refractivity contribution in [3.05, 3.63) is 34.4 Å². The van der Waals surface area contributed by atoms with Gasteiger partial charge in [-0.3, -0.25) is 9.13 Å². The standard InChI is InChI=1S/C22H22N6O3/c1-12-5-17-18(31-11-30-17)6-15(12)25-20-24-10-16-19(26-20)28(21(29)27(16)2)22-7-13(3-4-23)14(8-22)9-22/h5-6,10,13-14H,3,7-9,11H2,1-2H3,(H,24,25,26). The molecule has 9 heteroatoms. The summed E-state index contributed by atoms with van der Waals surface area (Å²) in [4.78, 5) is 22.4. The van der Waals surface area contributed by atoms with E-state index in [1.807, 2.05) is 23.6 Å². The molecular formula is C22H22N6O3. The van der Waals surface area contributed by atoms with E-state index in [1.54, 1.807) is 17.8 Å². The summed E-state index contributed by atoms with van der Waals surface area (Å²) in [7, 11) is 1.76. The Labute approximate surface area is 178 Å². The van der Waals surface area contributed by atoms with Gasteiger partial charge in [0, 0.05) is 25.2 Å². The number of hydrogen-bond donors (Lipinski definition) is 1. The number of anilines is 2. The quantitative estimate of drug-likeness (QED) is 0.694. The van der Waals surface area contributed by atoms with Gasteiger partial charge in [0.15, 0.2) is 17.1 Å². The fraction of sp³-hybridized carbons (Fsp3) is 0.455. The second kappa shape index (κ2) is 6.23. The Bertz CT molecular complexity index is 1330. The number of rotatable bonds is 4. The molecule has 9 nitrogen and oxygen atoms in total. The van der Waals surface area contributed by atoms with Crippen molar-refractivity contribution in [2.45, 2.75) is 38.1 Å². The lowest BCUT2D eigenvalue weighted by Crippen LogP contribution is -2.45. The van der Waals surface area contributed by atoms with Gasteiger partial charge in [-0.2, -0.15) is 10.2 Å². The number of imidazole rings is 1. The first-order valence-electron chi connectivity index (χ1n) is 10.5. The normalized spacial score (nSPS) is 25.5. The second-order valence-electron chi connectivity index (χ2n) is 8.94. The molecule has 0 spiro atoms. The minimum Gasteiger partial charge on any atom is -0.454 e.